The van der Waals surface area contributed by atoms with E-state index in [0.29, 0.717) is 5.92 Å². The molecule has 0 bridgehead atoms. The number of allylic oxidation sites excluding steroid dienone is 2. The van der Waals surface area contributed by atoms with Crippen LogP contribution in [0.2, 0.25) is 0 Å². The number of hydrogen-bond acceptors (Lipinski definition) is 1. The third-order valence-corrected chi connectivity index (χ3v) is 2.18. The van der Waals surface area contributed by atoms with Crippen molar-refractivity contribution in [1.82, 2.24) is 0 Å². The number of nitrogens with zero attached hydrogens (tertiary/aromatic N) is 1. The lowest BCUT2D eigenvalue weighted by Gasteiger charge is -2.25. The Morgan fingerprint density at radius 1 is 1.23 bits per heavy atom. The molecule has 0 saturated carbocycles. The van der Waals surface area contributed by atoms with Gasteiger partial charge in [-0.1, -0.05) is 46.8 Å². The van der Waals surface area contributed by atoms with E-state index in [-0.39, 0.29) is 5.41 Å². The first-order valence-corrected chi connectivity index (χ1v) is 5.14. The summed E-state index contributed by atoms with van der Waals surface area (Å²) in [6.07, 6.45) is 6.30. The lowest BCUT2D eigenvalue weighted by molar-refractivity contribution is 0.423. The van der Waals surface area contributed by atoms with Crippen LogP contribution < -0.4 is 0 Å². The molecule has 0 aliphatic carbocycles. The van der Waals surface area contributed by atoms with Gasteiger partial charge in [0.2, 0.25) is 0 Å². The first-order chi connectivity index (χ1) is 6.06. The lowest BCUT2D eigenvalue weighted by atomic mass is 9.80. The number of aliphatic imine (C=N–C) groups is 1. The average Bonchev–Trinajstić information content (AvgIpc) is 2.08. The van der Waals surface area contributed by atoms with Gasteiger partial charge in [0.1, 0.15) is 0 Å². The van der Waals surface area contributed by atoms with Crippen LogP contribution in [0.1, 0.15) is 41.5 Å². The summed E-state index contributed by atoms with van der Waals surface area (Å²) in [5.41, 5.74) is 0.128. The third kappa shape index (κ3) is 5.62. The summed E-state index contributed by atoms with van der Waals surface area (Å²) in [6, 6.07) is 0. The Balaban J connectivity index is 0. The van der Waals surface area contributed by atoms with Crippen molar-refractivity contribution in [3.05, 3.63) is 12.2 Å². The summed E-state index contributed by atoms with van der Waals surface area (Å²) in [5.74, 6) is 0.599. The lowest BCUT2D eigenvalue weighted by Crippen LogP contribution is -2.22. The molecule has 1 nitrogen and oxygen atoms in total. The van der Waals surface area contributed by atoms with Crippen molar-refractivity contribution < 1.29 is 0 Å². The van der Waals surface area contributed by atoms with Gasteiger partial charge in [0.05, 0.1) is 0 Å². The average molecular weight is 183 g/mol. The van der Waals surface area contributed by atoms with E-state index < -0.39 is 0 Å². The number of rotatable bonds is 3. The van der Waals surface area contributed by atoms with Crippen LogP contribution in [0.4, 0.5) is 0 Å². The SMILES string of the molecule is C/C=C\C(C)(C=NC)C(C)C.CC. The van der Waals surface area contributed by atoms with Crippen molar-refractivity contribution in [1.29, 1.82) is 0 Å². The van der Waals surface area contributed by atoms with Crippen LogP contribution in [0.25, 0.3) is 0 Å². The van der Waals surface area contributed by atoms with Crippen LogP contribution in [-0.2, 0) is 0 Å². The Hall–Kier alpha value is -0.590. The van der Waals surface area contributed by atoms with Crippen LogP contribution in [0.5, 0.6) is 0 Å². The predicted molar refractivity (Wildman–Crippen MR) is 63.5 cm³/mol. The monoisotopic (exact) mass is 183 g/mol. The molecular weight excluding hydrogens is 158 g/mol. The summed E-state index contributed by atoms with van der Waals surface area (Å²) in [6.45, 7) is 12.7. The molecule has 0 aromatic heterocycles. The summed E-state index contributed by atoms with van der Waals surface area (Å²) in [7, 11) is 1.82. The fourth-order valence-corrected chi connectivity index (χ4v) is 1.02. The molecule has 0 aliphatic heterocycles. The van der Waals surface area contributed by atoms with Crippen molar-refractivity contribution in [3.8, 4) is 0 Å². The standard InChI is InChI=1S/C10H19N.C2H6/c1-6-7-10(4,8-11-5)9(2)3;1-2/h6-9H,1-5H3;1-2H3/b7-6-,11-8?;. The van der Waals surface area contributed by atoms with Crippen molar-refractivity contribution in [3.63, 3.8) is 0 Å². The van der Waals surface area contributed by atoms with Crippen molar-refractivity contribution in [2.24, 2.45) is 16.3 Å². The van der Waals surface area contributed by atoms with E-state index in [0.717, 1.165) is 0 Å². The minimum atomic E-state index is 0.128. The molecule has 13 heavy (non-hydrogen) atoms. The van der Waals surface area contributed by atoms with Crippen molar-refractivity contribution in [2.75, 3.05) is 7.05 Å². The van der Waals surface area contributed by atoms with E-state index in [4.69, 9.17) is 0 Å². The molecule has 0 heterocycles. The van der Waals surface area contributed by atoms with Gasteiger partial charge >= 0.3 is 0 Å². The fourth-order valence-electron chi connectivity index (χ4n) is 1.02. The molecule has 0 spiro atoms. The van der Waals surface area contributed by atoms with Crippen molar-refractivity contribution in [2.45, 2.75) is 41.5 Å². The van der Waals surface area contributed by atoms with E-state index >= 15 is 0 Å². The van der Waals surface area contributed by atoms with Gasteiger partial charge in [0.25, 0.3) is 0 Å². The second-order valence-electron chi connectivity index (χ2n) is 3.41. The molecule has 1 heteroatoms. The molecular formula is C12H25N. The van der Waals surface area contributed by atoms with Gasteiger partial charge in [-0.05, 0) is 12.8 Å². The largest absolute Gasteiger partial charge is 0.300 e. The Bertz CT molecular complexity index is 143. The molecule has 0 aliphatic rings. The Morgan fingerprint density at radius 2 is 1.69 bits per heavy atom. The Labute approximate surface area is 84.0 Å². The molecule has 0 aromatic carbocycles. The first kappa shape index (κ1) is 14.9. The second kappa shape index (κ2) is 8.03. The van der Waals surface area contributed by atoms with E-state index in [9.17, 15) is 0 Å². The van der Waals surface area contributed by atoms with Crippen LogP contribution in [0.15, 0.2) is 17.1 Å². The molecule has 0 saturated heterocycles. The van der Waals surface area contributed by atoms with E-state index in [1.165, 1.54) is 0 Å². The normalized spacial score (nSPS) is 16.0. The molecule has 0 N–H and O–H groups in total. The van der Waals surface area contributed by atoms with Gasteiger partial charge in [-0.25, -0.2) is 0 Å². The summed E-state index contributed by atoms with van der Waals surface area (Å²) in [5, 5.41) is 0. The molecule has 0 amide bonds. The van der Waals surface area contributed by atoms with E-state index in [1.54, 1.807) is 0 Å². The minimum absolute atomic E-state index is 0.128. The molecule has 0 radical (unpaired) electrons. The van der Waals surface area contributed by atoms with E-state index in [2.05, 4.69) is 37.9 Å². The maximum atomic E-state index is 4.07. The predicted octanol–water partition coefficient (Wildman–Crippen LogP) is 3.95. The number of hydrogen-bond donors (Lipinski definition) is 0. The maximum Gasteiger partial charge on any atom is 0.0273 e. The smallest absolute Gasteiger partial charge is 0.0273 e. The van der Waals surface area contributed by atoms with Crippen LogP contribution in [0, 0.1) is 11.3 Å². The zero-order chi connectivity index (χ0) is 10.9. The molecule has 78 valence electrons. The molecule has 1 unspecified atom stereocenters. The Morgan fingerprint density at radius 3 is 1.92 bits per heavy atom. The highest BCUT2D eigenvalue weighted by Crippen LogP contribution is 2.26. The molecule has 0 rings (SSSR count). The highest BCUT2D eigenvalue weighted by molar-refractivity contribution is 5.68. The van der Waals surface area contributed by atoms with Crippen LogP contribution in [0.3, 0.4) is 0 Å². The van der Waals surface area contributed by atoms with E-state index in [1.807, 2.05) is 34.0 Å². The quantitative estimate of drug-likeness (QED) is 0.464. The fraction of sp³-hybridized carbons (Fsp3) is 0.750. The van der Waals surface area contributed by atoms with Gasteiger partial charge in [0.15, 0.2) is 0 Å². The molecule has 0 fully saturated rings. The van der Waals surface area contributed by atoms with Gasteiger partial charge in [0, 0.05) is 18.7 Å². The van der Waals surface area contributed by atoms with Gasteiger partial charge < -0.3 is 0 Å². The molecule has 0 aromatic rings. The zero-order valence-electron chi connectivity index (χ0n) is 10.3. The highest BCUT2D eigenvalue weighted by atomic mass is 14.7. The first-order valence-electron chi connectivity index (χ1n) is 5.14. The maximum absolute atomic E-state index is 4.07. The summed E-state index contributed by atoms with van der Waals surface area (Å²) < 4.78 is 0. The minimum Gasteiger partial charge on any atom is -0.300 e. The third-order valence-electron chi connectivity index (χ3n) is 2.18. The van der Waals surface area contributed by atoms with Gasteiger partial charge in [-0.15, -0.1) is 0 Å². The van der Waals surface area contributed by atoms with Gasteiger partial charge in [-0.3, -0.25) is 4.99 Å². The van der Waals surface area contributed by atoms with Gasteiger partial charge in [-0.2, -0.15) is 0 Å². The second-order valence-corrected chi connectivity index (χ2v) is 3.41. The highest BCUT2D eigenvalue weighted by Gasteiger charge is 2.21. The van der Waals surface area contributed by atoms with Crippen LogP contribution >= 0.6 is 0 Å². The van der Waals surface area contributed by atoms with Crippen LogP contribution in [-0.4, -0.2) is 13.3 Å². The topological polar surface area (TPSA) is 12.4 Å². The molecule has 1 atom stereocenters. The van der Waals surface area contributed by atoms with Crippen molar-refractivity contribution >= 4 is 6.21 Å². The Kier molecular flexibility index (Phi) is 9.21. The summed E-state index contributed by atoms with van der Waals surface area (Å²) in [4.78, 5) is 4.07. The zero-order valence-corrected chi connectivity index (χ0v) is 10.3. The summed E-state index contributed by atoms with van der Waals surface area (Å²) >= 11 is 0.